The van der Waals surface area contributed by atoms with Crippen LogP contribution in [0.15, 0.2) is 57.9 Å². The highest BCUT2D eigenvalue weighted by atomic mass is 79.9. The lowest BCUT2D eigenvalue weighted by molar-refractivity contribution is 0.568. The minimum Gasteiger partial charge on any atom is -0.212 e. The second-order valence-electron chi connectivity index (χ2n) is 6.08. The maximum Gasteiger partial charge on any atom is 0.240 e. The Morgan fingerprint density at radius 3 is 2.08 bits per heavy atom. The summed E-state index contributed by atoms with van der Waals surface area (Å²) in [7, 11) is -7.19. The van der Waals surface area contributed by atoms with Gasteiger partial charge in [0, 0.05) is 17.1 Å². The predicted octanol–water partition coefficient (Wildman–Crippen LogP) is 2.76. The van der Waals surface area contributed by atoms with Crippen molar-refractivity contribution in [3.8, 4) is 0 Å². The highest BCUT2D eigenvalue weighted by molar-refractivity contribution is 9.10. The minimum atomic E-state index is -3.69. The number of nitrogens with one attached hydrogen (secondary N) is 2. The summed E-state index contributed by atoms with van der Waals surface area (Å²) in [5, 5.41) is 0. The minimum absolute atomic E-state index is 0.00572. The van der Waals surface area contributed by atoms with Crippen LogP contribution < -0.4 is 9.44 Å². The van der Waals surface area contributed by atoms with E-state index >= 15 is 0 Å². The van der Waals surface area contributed by atoms with Crippen molar-refractivity contribution in [3.63, 3.8) is 0 Å². The standard InChI is InChI=1S/C17H21BrN2O4S2/c1-13(2)20-25(21,22)12-15-6-4-3-5-14(15)11-19-26(23,24)17-9-7-16(18)8-10-17/h3-10,13,19-20H,11-12H2,1-2H3. The van der Waals surface area contributed by atoms with Crippen LogP contribution in [0.3, 0.4) is 0 Å². The van der Waals surface area contributed by atoms with Crippen LogP contribution in [0.1, 0.15) is 25.0 Å². The van der Waals surface area contributed by atoms with Crippen molar-refractivity contribution in [1.29, 1.82) is 0 Å². The Labute approximate surface area is 163 Å². The van der Waals surface area contributed by atoms with Crippen LogP contribution in [-0.4, -0.2) is 22.9 Å². The molecule has 0 aliphatic carbocycles. The number of benzene rings is 2. The molecule has 0 fully saturated rings. The fraction of sp³-hybridized carbons (Fsp3) is 0.294. The molecule has 142 valence electrons. The maximum absolute atomic E-state index is 12.4. The summed E-state index contributed by atoms with van der Waals surface area (Å²) in [6, 6.07) is 12.9. The normalized spacial score (nSPS) is 12.5. The zero-order chi connectivity index (χ0) is 19.4. The number of rotatable bonds is 8. The first-order chi connectivity index (χ1) is 12.1. The lowest BCUT2D eigenvalue weighted by Gasteiger charge is -2.13. The van der Waals surface area contributed by atoms with Crippen LogP contribution in [0.25, 0.3) is 0 Å². The highest BCUT2D eigenvalue weighted by Gasteiger charge is 2.17. The van der Waals surface area contributed by atoms with Crippen molar-refractivity contribution >= 4 is 36.0 Å². The number of hydrogen-bond acceptors (Lipinski definition) is 4. The molecule has 0 aliphatic rings. The fourth-order valence-electron chi connectivity index (χ4n) is 2.35. The quantitative estimate of drug-likeness (QED) is 0.633. The van der Waals surface area contributed by atoms with E-state index in [-0.39, 0.29) is 23.2 Å². The van der Waals surface area contributed by atoms with Crippen molar-refractivity contribution in [2.75, 3.05) is 0 Å². The molecule has 0 aliphatic heterocycles. The Morgan fingerprint density at radius 2 is 1.50 bits per heavy atom. The van der Waals surface area contributed by atoms with Crippen molar-refractivity contribution in [2.24, 2.45) is 0 Å². The molecule has 9 heteroatoms. The first kappa shape index (κ1) is 21.0. The molecule has 2 rings (SSSR count). The van der Waals surface area contributed by atoms with Gasteiger partial charge in [0.1, 0.15) is 0 Å². The van der Waals surface area contributed by atoms with Gasteiger partial charge < -0.3 is 0 Å². The molecular weight excluding hydrogens is 440 g/mol. The highest BCUT2D eigenvalue weighted by Crippen LogP contribution is 2.16. The largest absolute Gasteiger partial charge is 0.240 e. The molecule has 0 atom stereocenters. The van der Waals surface area contributed by atoms with Crippen molar-refractivity contribution < 1.29 is 16.8 Å². The van der Waals surface area contributed by atoms with E-state index in [0.29, 0.717) is 11.1 Å². The number of sulfonamides is 2. The third kappa shape index (κ3) is 6.17. The Balaban J connectivity index is 2.17. The van der Waals surface area contributed by atoms with E-state index in [2.05, 4.69) is 25.4 Å². The molecule has 6 nitrogen and oxygen atoms in total. The van der Waals surface area contributed by atoms with Gasteiger partial charge in [0.25, 0.3) is 0 Å². The van der Waals surface area contributed by atoms with Crippen LogP contribution in [0.4, 0.5) is 0 Å². The van der Waals surface area contributed by atoms with E-state index in [1.165, 1.54) is 12.1 Å². The average molecular weight is 461 g/mol. The van der Waals surface area contributed by atoms with Gasteiger partial charge in [0.05, 0.1) is 10.6 Å². The van der Waals surface area contributed by atoms with E-state index in [4.69, 9.17) is 0 Å². The molecule has 0 radical (unpaired) electrons. The summed E-state index contributed by atoms with van der Waals surface area (Å²) in [6.45, 7) is 3.50. The Bertz CT molecular complexity index is 957. The first-order valence-corrected chi connectivity index (χ1v) is 11.8. The molecule has 0 amide bonds. The van der Waals surface area contributed by atoms with Crippen molar-refractivity contribution in [1.82, 2.24) is 9.44 Å². The zero-order valence-corrected chi connectivity index (χ0v) is 17.7. The zero-order valence-electron chi connectivity index (χ0n) is 14.4. The summed E-state index contributed by atoms with van der Waals surface area (Å²) in [4.78, 5) is 0.146. The third-order valence-electron chi connectivity index (χ3n) is 3.46. The second kappa shape index (κ2) is 8.62. The van der Waals surface area contributed by atoms with E-state index < -0.39 is 20.0 Å². The summed E-state index contributed by atoms with van der Waals surface area (Å²) in [5.74, 6) is -0.207. The molecule has 0 heterocycles. The van der Waals surface area contributed by atoms with Crippen LogP contribution in [-0.2, 0) is 32.3 Å². The van der Waals surface area contributed by atoms with E-state index in [9.17, 15) is 16.8 Å². The SMILES string of the molecule is CC(C)NS(=O)(=O)Cc1ccccc1CNS(=O)(=O)c1ccc(Br)cc1. The first-order valence-electron chi connectivity index (χ1n) is 7.91. The van der Waals surface area contributed by atoms with Gasteiger partial charge in [-0.3, -0.25) is 0 Å². The van der Waals surface area contributed by atoms with Crippen LogP contribution in [0.2, 0.25) is 0 Å². The molecule has 2 aromatic rings. The van der Waals surface area contributed by atoms with Crippen molar-refractivity contribution in [3.05, 3.63) is 64.1 Å². The molecule has 26 heavy (non-hydrogen) atoms. The van der Waals surface area contributed by atoms with Gasteiger partial charge in [-0.25, -0.2) is 26.3 Å². The topological polar surface area (TPSA) is 92.3 Å². The Morgan fingerprint density at radius 1 is 0.923 bits per heavy atom. The summed E-state index contributed by atoms with van der Waals surface area (Å²) < 4.78 is 55.0. The van der Waals surface area contributed by atoms with Gasteiger partial charge in [-0.05, 0) is 49.2 Å². The summed E-state index contributed by atoms with van der Waals surface area (Å²) in [6.07, 6.45) is 0. The molecule has 0 aromatic heterocycles. The smallest absolute Gasteiger partial charge is 0.212 e. The van der Waals surface area contributed by atoms with Crippen molar-refractivity contribution in [2.45, 2.75) is 37.1 Å². The molecular formula is C17H21BrN2O4S2. The Kier molecular flexibility index (Phi) is 6.98. The van der Waals surface area contributed by atoms with E-state index in [0.717, 1.165) is 4.47 Å². The second-order valence-corrected chi connectivity index (χ2v) is 10.5. The monoisotopic (exact) mass is 460 g/mol. The predicted molar refractivity (Wildman–Crippen MR) is 106 cm³/mol. The molecule has 0 unspecified atom stereocenters. The van der Waals surface area contributed by atoms with Gasteiger partial charge in [-0.15, -0.1) is 0 Å². The maximum atomic E-state index is 12.4. The molecule has 0 bridgehead atoms. The van der Waals surface area contributed by atoms with Gasteiger partial charge >= 0.3 is 0 Å². The third-order valence-corrected chi connectivity index (χ3v) is 6.92. The van der Waals surface area contributed by atoms with Gasteiger partial charge in [0.15, 0.2) is 0 Å². The summed E-state index contributed by atoms with van der Waals surface area (Å²) >= 11 is 3.26. The number of halogens is 1. The van der Waals surface area contributed by atoms with E-state index in [1.54, 1.807) is 50.2 Å². The molecule has 0 saturated carbocycles. The average Bonchev–Trinajstić information content (AvgIpc) is 2.53. The van der Waals surface area contributed by atoms with Gasteiger partial charge in [0.2, 0.25) is 20.0 Å². The number of hydrogen-bond donors (Lipinski definition) is 2. The lowest BCUT2D eigenvalue weighted by atomic mass is 10.1. The molecule has 0 spiro atoms. The Hall–Kier alpha value is -1.26. The van der Waals surface area contributed by atoms with Crippen LogP contribution >= 0.6 is 15.9 Å². The van der Waals surface area contributed by atoms with Crippen LogP contribution in [0, 0.1) is 0 Å². The van der Waals surface area contributed by atoms with Gasteiger partial charge in [-0.1, -0.05) is 40.2 Å². The molecule has 0 saturated heterocycles. The van der Waals surface area contributed by atoms with Crippen LogP contribution in [0.5, 0.6) is 0 Å². The van der Waals surface area contributed by atoms with Gasteiger partial charge in [-0.2, -0.15) is 0 Å². The summed E-state index contributed by atoms with van der Waals surface area (Å²) in [5.41, 5.74) is 1.17. The molecule has 2 aromatic carbocycles. The lowest BCUT2D eigenvalue weighted by Crippen LogP contribution is -2.31. The molecule has 2 N–H and O–H groups in total. The fourth-order valence-corrected chi connectivity index (χ4v) is 5.11. The van der Waals surface area contributed by atoms with E-state index in [1.807, 2.05) is 0 Å².